The zero-order valence-corrected chi connectivity index (χ0v) is 26.2. The highest BCUT2D eigenvalue weighted by molar-refractivity contribution is 9.10. The minimum absolute atomic E-state index is 0.0712. The molecule has 0 unspecified atom stereocenters. The van der Waals surface area contributed by atoms with Crippen molar-refractivity contribution >= 4 is 76.9 Å². The molecule has 222 valence electrons. The first kappa shape index (κ1) is 31.3. The molecule has 4 rings (SSSR count). The minimum atomic E-state index is -0.374. The number of nitrogens with zero attached hydrogens (tertiary/aromatic N) is 2. The summed E-state index contributed by atoms with van der Waals surface area (Å²) in [4.78, 5) is 31.4. The molecule has 0 atom stereocenters. The number of hydrogen-bond donors (Lipinski definition) is 6. The van der Waals surface area contributed by atoms with Gasteiger partial charge in [-0.05, 0) is 60.4 Å². The lowest BCUT2D eigenvalue weighted by molar-refractivity contribution is -0.115. The molecule has 0 radical (unpaired) electrons. The molecule has 4 aromatic rings. The summed E-state index contributed by atoms with van der Waals surface area (Å²) in [6, 6.07) is 11.7. The first-order chi connectivity index (χ1) is 20.4. The SMILES string of the molecule is O=C(NCCCCCCCCNC(=O)/C(Cc1c[nH]c2ccc(Br)cc12)=N/O)/C(Cc1c[nH]c2ccc(Br)cc12)=N/O. The lowest BCUT2D eigenvalue weighted by Crippen LogP contribution is -2.33. The Labute approximate surface area is 260 Å². The Bertz CT molecular complexity index is 1480. The van der Waals surface area contributed by atoms with Crippen molar-refractivity contribution in [2.75, 3.05) is 13.1 Å². The lowest BCUT2D eigenvalue weighted by atomic mass is 10.1. The van der Waals surface area contributed by atoms with E-state index < -0.39 is 0 Å². The zero-order valence-electron chi connectivity index (χ0n) is 23.1. The van der Waals surface area contributed by atoms with Crippen LogP contribution in [0.4, 0.5) is 0 Å². The third kappa shape index (κ3) is 8.45. The lowest BCUT2D eigenvalue weighted by Gasteiger charge is -2.08. The summed E-state index contributed by atoms with van der Waals surface area (Å²) in [7, 11) is 0. The molecule has 0 fully saturated rings. The maximum Gasteiger partial charge on any atom is 0.269 e. The molecule has 0 saturated carbocycles. The quantitative estimate of drug-likeness (QED) is 0.0378. The number of unbranched alkanes of at least 4 members (excludes halogenated alkanes) is 5. The van der Waals surface area contributed by atoms with Gasteiger partial charge in [0.2, 0.25) is 0 Å². The zero-order chi connectivity index (χ0) is 29.9. The Morgan fingerprint density at radius 3 is 1.48 bits per heavy atom. The fourth-order valence-corrected chi connectivity index (χ4v) is 5.56. The van der Waals surface area contributed by atoms with Crippen molar-refractivity contribution in [2.24, 2.45) is 10.3 Å². The average molecular weight is 702 g/mol. The summed E-state index contributed by atoms with van der Waals surface area (Å²) in [5.74, 6) is -0.748. The Morgan fingerprint density at radius 2 is 1.07 bits per heavy atom. The molecule has 0 aliphatic rings. The van der Waals surface area contributed by atoms with E-state index in [-0.39, 0.29) is 36.1 Å². The molecule has 6 N–H and O–H groups in total. The minimum Gasteiger partial charge on any atom is -0.410 e. The van der Waals surface area contributed by atoms with E-state index in [2.05, 4.69) is 62.8 Å². The van der Waals surface area contributed by atoms with Crippen molar-refractivity contribution < 1.29 is 20.0 Å². The summed E-state index contributed by atoms with van der Waals surface area (Å²) in [5.41, 5.74) is 3.81. The van der Waals surface area contributed by atoms with Crippen LogP contribution in [-0.4, -0.2) is 56.7 Å². The fourth-order valence-electron chi connectivity index (χ4n) is 4.84. The Morgan fingerprint density at radius 1 is 0.667 bits per heavy atom. The maximum atomic E-state index is 12.5. The van der Waals surface area contributed by atoms with E-state index in [1.807, 2.05) is 48.8 Å². The Hall–Kier alpha value is -3.64. The molecule has 10 nitrogen and oxygen atoms in total. The van der Waals surface area contributed by atoms with Crippen LogP contribution in [0.2, 0.25) is 0 Å². The fraction of sp³-hybridized carbons (Fsp3) is 0.333. The van der Waals surface area contributed by atoms with Crippen LogP contribution in [0.1, 0.15) is 49.7 Å². The van der Waals surface area contributed by atoms with E-state index in [9.17, 15) is 20.0 Å². The molecule has 2 amide bonds. The van der Waals surface area contributed by atoms with Crippen molar-refractivity contribution in [3.05, 3.63) is 68.9 Å². The number of carbonyl (C=O) groups excluding carboxylic acids is 2. The number of hydrogen-bond acceptors (Lipinski definition) is 6. The van der Waals surface area contributed by atoms with Gasteiger partial charge in [-0.1, -0.05) is 67.9 Å². The van der Waals surface area contributed by atoms with Crippen LogP contribution in [0.3, 0.4) is 0 Å². The highest BCUT2D eigenvalue weighted by Gasteiger charge is 2.16. The van der Waals surface area contributed by atoms with Gasteiger partial charge in [0.25, 0.3) is 11.8 Å². The molecular formula is C30H34Br2N6O4. The highest BCUT2D eigenvalue weighted by atomic mass is 79.9. The number of rotatable bonds is 15. The standard InChI is InChI=1S/C30H34Br2N6O4/c31-21-7-9-25-23(15-21)19(17-35-25)13-27(37-41)29(39)33-11-5-3-1-2-4-6-12-34-30(40)28(38-42)14-20-18-36-26-10-8-22(32)16-24(20)26/h7-10,15-18,35-36,41-42H,1-6,11-14H2,(H,33,39)(H,34,40)/b37-27+,38-28+. The normalized spacial score (nSPS) is 12.2. The van der Waals surface area contributed by atoms with Crippen molar-refractivity contribution in [2.45, 2.75) is 51.4 Å². The molecular weight excluding hydrogens is 668 g/mol. The molecule has 2 aromatic carbocycles. The molecule has 42 heavy (non-hydrogen) atoms. The number of benzene rings is 2. The second kappa shape index (κ2) is 15.5. The van der Waals surface area contributed by atoms with E-state index in [1.165, 1.54) is 0 Å². The maximum absolute atomic E-state index is 12.5. The first-order valence-corrected chi connectivity index (χ1v) is 15.5. The number of fused-ring (bicyclic) bond motifs is 2. The highest BCUT2D eigenvalue weighted by Crippen LogP contribution is 2.24. The van der Waals surface area contributed by atoms with E-state index in [4.69, 9.17) is 0 Å². The largest absolute Gasteiger partial charge is 0.410 e. The summed E-state index contributed by atoms with van der Waals surface area (Å²) in [5, 5.41) is 32.9. The predicted molar refractivity (Wildman–Crippen MR) is 172 cm³/mol. The van der Waals surface area contributed by atoms with Crippen LogP contribution in [0, 0.1) is 0 Å². The third-order valence-electron chi connectivity index (χ3n) is 7.12. The summed E-state index contributed by atoms with van der Waals surface area (Å²) < 4.78 is 1.87. The van der Waals surface area contributed by atoms with Crippen LogP contribution in [0.5, 0.6) is 0 Å². The van der Waals surface area contributed by atoms with Crippen molar-refractivity contribution in [1.29, 1.82) is 0 Å². The van der Waals surface area contributed by atoms with Gasteiger partial charge >= 0.3 is 0 Å². The number of halogens is 2. The summed E-state index contributed by atoms with van der Waals surface area (Å²) >= 11 is 6.92. The molecule has 0 spiro atoms. The number of aromatic amines is 2. The summed E-state index contributed by atoms with van der Waals surface area (Å²) in [6.45, 7) is 1.01. The molecule has 0 bridgehead atoms. The van der Waals surface area contributed by atoms with Crippen LogP contribution in [-0.2, 0) is 22.4 Å². The van der Waals surface area contributed by atoms with Gasteiger partial charge in [-0.2, -0.15) is 0 Å². The first-order valence-electron chi connectivity index (χ1n) is 13.9. The van der Waals surface area contributed by atoms with Gasteiger partial charge in [0.1, 0.15) is 11.4 Å². The van der Waals surface area contributed by atoms with Gasteiger partial charge in [0.15, 0.2) is 0 Å². The number of oxime groups is 2. The van der Waals surface area contributed by atoms with Crippen LogP contribution < -0.4 is 10.6 Å². The number of H-pyrrole nitrogens is 2. The van der Waals surface area contributed by atoms with Gasteiger partial charge < -0.3 is 31.0 Å². The number of carbonyl (C=O) groups is 2. The number of nitrogens with one attached hydrogen (secondary N) is 4. The summed E-state index contributed by atoms with van der Waals surface area (Å²) in [6.07, 6.45) is 9.67. The smallest absolute Gasteiger partial charge is 0.269 e. The molecule has 0 aliphatic heterocycles. The van der Waals surface area contributed by atoms with Crippen LogP contribution >= 0.6 is 31.9 Å². The van der Waals surface area contributed by atoms with Crippen molar-refractivity contribution in [3.8, 4) is 0 Å². The molecule has 0 aliphatic carbocycles. The van der Waals surface area contributed by atoms with Crippen molar-refractivity contribution in [3.63, 3.8) is 0 Å². The number of aromatic nitrogens is 2. The van der Waals surface area contributed by atoms with Gasteiger partial charge in [-0.15, -0.1) is 0 Å². The Balaban J connectivity index is 1.07. The number of amides is 2. The Kier molecular flexibility index (Phi) is 11.6. The molecule has 2 heterocycles. The van der Waals surface area contributed by atoms with E-state index in [0.29, 0.717) is 13.1 Å². The van der Waals surface area contributed by atoms with Gasteiger partial charge in [0, 0.05) is 69.1 Å². The molecule has 2 aromatic heterocycles. The predicted octanol–water partition coefficient (Wildman–Crippen LogP) is 6.19. The molecule has 0 saturated heterocycles. The van der Waals surface area contributed by atoms with Crippen LogP contribution in [0.25, 0.3) is 21.8 Å². The van der Waals surface area contributed by atoms with Crippen molar-refractivity contribution in [1.82, 2.24) is 20.6 Å². The van der Waals surface area contributed by atoms with E-state index in [1.54, 1.807) is 0 Å². The second-order valence-corrected chi connectivity index (χ2v) is 11.9. The van der Waals surface area contributed by atoms with Crippen LogP contribution in [0.15, 0.2) is 68.0 Å². The van der Waals surface area contributed by atoms with E-state index in [0.717, 1.165) is 80.4 Å². The van der Waals surface area contributed by atoms with E-state index >= 15 is 0 Å². The van der Waals surface area contributed by atoms with Gasteiger partial charge in [-0.25, -0.2) is 0 Å². The topological polar surface area (TPSA) is 155 Å². The molecule has 12 heteroatoms. The average Bonchev–Trinajstić information content (AvgIpc) is 3.57. The second-order valence-electron chi connectivity index (χ2n) is 10.1. The monoisotopic (exact) mass is 700 g/mol. The van der Waals surface area contributed by atoms with Gasteiger partial charge in [0.05, 0.1) is 0 Å². The van der Waals surface area contributed by atoms with Gasteiger partial charge in [-0.3, -0.25) is 9.59 Å². The third-order valence-corrected chi connectivity index (χ3v) is 8.10.